The lowest BCUT2D eigenvalue weighted by molar-refractivity contribution is 0.623. The van der Waals surface area contributed by atoms with Crippen LogP contribution >= 0.6 is 11.8 Å². The van der Waals surface area contributed by atoms with Crippen molar-refractivity contribution in [2.75, 3.05) is 0 Å². The van der Waals surface area contributed by atoms with Crippen LogP contribution in [0, 0.1) is 31.0 Å². The zero-order valence-electron chi connectivity index (χ0n) is 10.6. The van der Waals surface area contributed by atoms with Gasteiger partial charge in [0, 0.05) is 17.1 Å². The average molecular weight is 273 g/mol. The van der Waals surface area contributed by atoms with Crippen molar-refractivity contribution in [1.82, 2.24) is 9.97 Å². The Morgan fingerprint density at radius 2 is 1.89 bits per heavy atom. The van der Waals surface area contributed by atoms with Gasteiger partial charge in [-0.05, 0) is 37.6 Å². The van der Waals surface area contributed by atoms with Crippen molar-refractivity contribution in [3.63, 3.8) is 0 Å². The van der Waals surface area contributed by atoms with Gasteiger partial charge in [0.25, 0.3) is 0 Å². The van der Waals surface area contributed by atoms with Crippen LogP contribution in [0.2, 0.25) is 0 Å². The molecule has 19 heavy (non-hydrogen) atoms. The molecule has 0 atom stereocenters. The molecule has 0 radical (unpaired) electrons. The first-order valence-electron chi connectivity index (χ1n) is 5.72. The summed E-state index contributed by atoms with van der Waals surface area (Å²) in [4.78, 5) is 8.64. The molecule has 0 amide bonds. The molecule has 2 aromatic rings. The standard InChI is InChI=1S/C14H12FN3S/c1-9-5-10(2)18-14(17-9)19-8-11-3-4-13(15)12(6-11)7-16/h3-6H,8H2,1-2H3. The summed E-state index contributed by atoms with van der Waals surface area (Å²) in [6.07, 6.45) is 0. The topological polar surface area (TPSA) is 49.6 Å². The molecule has 5 heteroatoms. The molecule has 96 valence electrons. The van der Waals surface area contributed by atoms with Gasteiger partial charge in [-0.15, -0.1) is 0 Å². The smallest absolute Gasteiger partial charge is 0.188 e. The third-order valence-electron chi connectivity index (χ3n) is 2.48. The Morgan fingerprint density at radius 1 is 1.21 bits per heavy atom. The largest absolute Gasteiger partial charge is 0.228 e. The van der Waals surface area contributed by atoms with Gasteiger partial charge in [0.15, 0.2) is 5.16 Å². The molecule has 0 saturated carbocycles. The SMILES string of the molecule is Cc1cc(C)nc(SCc2ccc(F)c(C#N)c2)n1. The lowest BCUT2D eigenvalue weighted by Crippen LogP contribution is -1.94. The third-order valence-corrected chi connectivity index (χ3v) is 3.40. The van der Waals surface area contributed by atoms with Crippen molar-refractivity contribution in [3.05, 3.63) is 52.6 Å². The molecule has 0 bridgehead atoms. The lowest BCUT2D eigenvalue weighted by Gasteiger charge is -2.04. The van der Waals surface area contributed by atoms with Crippen LogP contribution in [0.1, 0.15) is 22.5 Å². The summed E-state index contributed by atoms with van der Waals surface area (Å²) in [6, 6.07) is 8.30. The normalized spacial score (nSPS) is 10.2. The van der Waals surface area contributed by atoms with Gasteiger partial charge < -0.3 is 0 Å². The Labute approximate surface area is 115 Å². The molecule has 1 aromatic carbocycles. The summed E-state index contributed by atoms with van der Waals surface area (Å²) in [6.45, 7) is 3.84. The highest BCUT2D eigenvalue weighted by molar-refractivity contribution is 7.98. The molecule has 0 saturated heterocycles. The number of hydrogen-bond acceptors (Lipinski definition) is 4. The molecular weight excluding hydrogens is 261 g/mol. The second-order valence-corrected chi connectivity index (χ2v) is 5.09. The highest BCUT2D eigenvalue weighted by Gasteiger charge is 2.05. The minimum atomic E-state index is -0.487. The van der Waals surface area contributed by atoms with E-state index in [1.54, 1.807) is 12.1 Å². The van der Waals surface area contributed by atoms with Gasteiger partial charge in [0.2, 0.25) is 0 Å². The molecule has 2 rings (SSSR count). The van der Waals surface area contributed by atoms with Crippen molar-refractivity contribution in [2.45, 2.75) is 24.8 Å². The first-order valence-corrected chi connectivity index (χ1v) is 6.70. The summed E-state index contributed by atoms with van der Waals surface area (Å²) in [5.41, 5.74) is 2.80. The van der Waals surface area contributed by atoms with Gasteiger partial charge in [-0.1, -0.05) is 17.8 Å². The predicted molar refractivity (Wildman–Crippen MR) is 72.2 cm³/mol. The molecule has 0 fully saturated rings. The van der Waals surface area contributed by atoms with E-state index in [-0.39, 0.29) is 5.56 Å². The van der Waals surface area contributed by atoms with Gasteiger partial charge in [0.05, 0.1) is 5.56 Å². The van der Waals surface area contributed by atoms with E-state index in [2.05, 4.69) is 9.97 Å². The van der Waals surface area contributed by atoms with Gasteiger partial charge in [-0.25, -0.2) is 14.4 Å². The van der Waals surface area contributed by atoms with Crippen molar-refractivity contribution in [2.24, 2.45) is 0 Å². The summed E-state index contributed by atoms with van der Waals surface area (Å²) in [7, 11) is 0. The maximum Gasteiger partial charge on any atom is 0.188 e. The number of aryl methyl sites for hydroxylation is 2. The highest BCUT2D eigenvalue weighted by atomic mass is 32.2. The second-order valence-electron chi connectivity index (χ2n) is 4.15. The van der Waals surface area contributed by atoms with E-state index in [9.17, 15) is 4.39 Å². The number of rotatable bonds is 3. The maximum atomic E-state index is 13.2. The Balaban J connectivity index is 2.12. The molecule has 0 unspecified atom stereocenters. The van der Waals surface area contributed by atoms with Crippen LogP contribution in [0.3, 0.4) is 0 Å². The zero-order valence-corrected chi connectivity index (χ0v) is 11.5. The summed E-state index contributed by atoms with van der Waals surface area (Å²) in [5.74, 6) is 0.122. The van der Waals surface area contributed by atoms with Crippen molar-refractivity contribution in [1.29, 1.82) is 5.26 Å². The number of nitriles is 1. The highest BCUT2D eigenvalue weighted by Crippen LogP contribution is 2.21. The zero-order chi connectivity index (χ0) is 13.8. The molecule has 3 nitrogen and oxygen atoms in total. The Hall–Kier alpha value is -1.93. The van der Waals surface area contributed by atoms with Crippen molar-refractivity contribution >= 4 is 11.8 Å². The molecule has 1 heterocycles. The first kappa shape index (κ1) is 13.5. The Kier molecular flexibility index (Phi) is 4.13. The van der Waals surface area contributed by atoms with Crippen LogP contribution < -0.4 is 0 Å². The summed E-state index contributed by atoms with van der Waals surface area (Å²) in [5, 5.41) is 9.47. The number of halogens is 1. The van der Waals surface area contributed by atoms with Gasteiger partial charge in [0.1, 0.15) is 11.9 Å². The van der Waals surface area contributed by atoms with E-state index in [4.69, 9.17) is 5.26 Å². The van der Waals surface area contributed by atoms with Gasteiger partial charge in [-0.3, -0.25) is 0 Å². The average Bonchev–Trinajstić information content (AvgIpc) is 2.36. The molecule has 0 N–H and O–H groups in total. The van der Waals surface area contributed by atoms with Crippen LogP contribution in [0.15, 0.2) is 29.4 Å². The van der Waals surface area contributed by atoms with Crippen molar-refractivity contribution in [3.8, 4) is 6.07 Å². The van der Waals surface area contributed by atoms with Gasteiger partial charge >= 0.3 is 0 Å². The fraction of sp³-hybridized carbons (Fsp3) is 0.214. The molecule has 0 aliphatic heterocycles. The van der Waals surface area contributed by atoms with E-state index in [0.29, 0.717) is 10.9 Å². The quantitative estimate of drug-likeness (QED) is 0.635. The van der Waals surface area contributed by atoms with Crippen LogP contribution in [0.25, 0.3) is 0 Å². The van der Waals surface area contributed by atoms with E-state index in [1.165, 1.54) is 17.8 Å². The Morgan fingerprint density at radius 3 is 2.53 bits per heavy atom. The van der Waals surface area contributed by atoms with E-state index in [1.807, 2.05) is 26.0 Å². The fourth-order valence-corrected chi connectivity index (χ4v) is 2.55. The number of benzene rings is 1. The number of aromatic nitrogens is 2. The van der Waals surface area contributed by atoms with Gasteiger partial charge in [-0.2, -0.15) is 5.26 Å². The van der Waals surface area contributed by atoms with Crippen LogP contribution in [0.4, 0.5) is 4.39 Å². The number of thioether (sulfide) groups is 1. The third kappa shape index (κ3) is 3.52. The van der Waals surface area contributed by atoms with Crippen LogP contribution in [-0.2, 0) is 5.75 Å². The minimum Gasteiger partial charge on any atom is -0.228 e. The molecule has 0 aliphatic carbocycles. The summed E-state index contributed by atoms with van der Waals surface area (Å²) >= 11 is 1.47. The van der Waals surface area contributed by atoms with E-state index < -0.39 is 5.82 Å². The molecule has 0 aliphatic rings. The minimum absolute atomic E-state index is 0.0689. The lowest BCUT2D eigenvalue weighted by atomic mass is 10.1. The van der Waals surface area contributed by atoms with Crippen molar-refractivity contribution < 1.29 is 4.39 Å². The number of hydrogen-bond donors (Lipinski definition) is 0. The first-order chi connectivity index (χ1) is 9.08. The van der Waals surface area contributed by atoms with Crippen LogP contribution in [0.5, 0.6) is 0 Å². The van der Waals surface area contributed by atoms with E-state index >= 15 is 0 Å². The predicted octanol–water partition coefficient (Wildman–Crippen LogP) is 3.40. The Bertz CT molecular complexity index is 629. The molecule has 0 spiro atoms. The summed E-state index contributed by atoms with van der Waals surface area (Å²) < 4.78 is 13.2. The maximum absolute atomic E-state index is 13.2. The van der Waals surface area contributed by atoms with Crippen LogP contribution in [-0.4, -0.2) is 9.97 Å². The fourth-order valence-electron chi connectivity index (χ4n) is 1.65. The molecule has 1 aromatic heterocycles. The second kappa shape index (κ2) is 5.81. The van der Waals surface area contributed by atoms with E-state index in [0.717, 1.165) is 17.0 Å². The number of nitrogens with zero attached hydrogens (tertiary/aromatic N) is 3. The molecular formula is C14H12FN3S. The monoisotopic (exact) mass is 273 g/mol.